The zero-order chi connectivity index (χ0) is 26.7. The number of benzene rings is 2. The molecule has 1 N–H and O–H groups in total. The third-order valence-electron chi connectivity index (χ3n) is 6.05. The lowest BCUT2D eigenvalue weighted by Crippen LogP contribution is -2.58. The summed E-state index contributed by atoms with van der Waals surface area (Å²) < 4.78 is 69.3. The molecule has 1 aliphatic heterocycles. The molecule has 0 aromatic heterocycles. The summed E-state index contributed by atoms with van der Waals surface area (Å²) in [6, 6.07) is 9.91. The Kier molecular flexibility index (Phi) is 8.68. The lowest BCUT2D eigenvalue weighted by Gasteiger charge is -2.43. The van der Waals surface area contributed by atoms with E-state index in [0.717, 1.165) is 18.5 Å². The van der Waals surface area contributed by atoms with Gasteiger partial charge in [-0.05, 0) is 81.1 Å². The Hall–Kier alpha value is -2.63. The highest BCUT2D eigenvalue weighted by Crippen LogP contribution is 2.27. The van der Waals surface area contributed by atoms with Crippen LogP contribution in [0.25, 0.3) is 0 Å². The maximum Gasteiger partial charge on any atom is 0.573 e. The predicted molar refractivity (Wildman–Crippen MR) is 128 cm³/mol. The molecule has 0 bridgehead atoms. The second-order valence-corrected chi connectivity index (χ2v) is 11.2. The average molecular weight is 529 g/mol. The zero-order valence-corrected chi connectivity index (χ0v) is 21.3. The summed E-state index contributed by atoms with van der Waals surface area (Å²) in [5.41, 5.74) is 2.02. The number of ether oxygens (including phenoxy) is 1. The van der Waals surface area contributed by atoms with Gasteiger partial charge in [0, 0.05) is 25.2 Å². The molecular weight excluding hydrogens is 497 g/mol. The molecule has 3 rings (SSSR count). The van der Waals surface area contributed by atoms with Crippen molar-refractivity contribution in [3.05, 3.63) is 59.2 Å². The van der Waals surface area contributed by atoms with Gasteiger partial charge in [-0.15, -0.1) is 13.2 Å². The van der Waals surface area contributed by atoms with Gasteiger partial charge in [0.1, 0.15) is 5.75 Å². The SMILES string of the molecule is Cc1cc(CC(=O)O)cc(S(=O)(=O)N2C(C)CN(CCCc3ccc(OC(F)(F)F)cc3)CC2C)c1. The molecule has 0 saturated carbocycles. The van der Waals surface area contributed by atoms with Gasteiger partial charge >= 0.3 is 12.3 Å². The quantitative estimate of drug-likeness (QED) is 0.524. The Balaban J connectivity index is 1.60. The van der Waals surface area contributed by atoms with Crippen molar-refractivity contribution >= 4 is 16.0 Å². The number of piperazine rings is 1. The minimum Gasteiger partial charge on any atom is -0.481 e. The first-order valence-corrected chi connectivity index (χ1v) is 13.1. The van der Waals surface area contributed by atoms with Crippen LogP contribution in [0, 0.1) is 6.92 Å². The Morgan fingerprint density at radius 3 is 2.22 bits per heavy atom. The Bertz CT molecular complexity index is 1160. The third kappa shape index (κ3) is 7.44. The number of sulfonamides is 1. The molecule has 7 nitrogen and oxygen atoms in total. The van der Waals surface area contributed by atoms with Crippen LogP contribution in [0.3, 0.4) is 0 Å². The first-order chi connectivity index (χ1) is 16.7. The number of carboxylic acid groups (broad SMARTS) is 1. The standard InChI is InChI=1S/C25H31F3N2O5S/c1-17-11-21(14-24(31)32)13-23(12-17)36(33,34)30-18(2)15-29(16-19(30)3)10-4-5-20-6-8-22(9-7-20)35-25(26,27)28/h6-9,11-13,18-19H,4-5,10,14-16H2,1-3H3,(H,31,32). The van der Waals surface area contributed by atoms with E-state index >= 15 is 0 Å². The number of halogens is 3. The first kappa shape index (κ1) is 27.9. The molecular formula is C25H31F3N2O5S. The Labute approximate surface area is 209 Å². The van der Waals surface area contributed by atoms with Crippen LogP contribution in [0.5, 0.6) is 5.75 Å². The van der Waals surface area contributed by atoms with Gasteiger partial charge in [-0.1, -0.05) is 18.2 Å². The van der Waals surface area contributed by atoms with Crippen LogP contribution >= 0.6 is 0 Å². The van der Waals surface area contributed by atoms with Gasteiger partial charge in [0.25, 0.3) is 0 Å². The summed E-state index contributed by atoms with van der Waals surface area (Å²) in [7, 11) is -3.82. The molecule has 198 valence electrons. The number of hydrogen-bond acceptors (Lipinski definition) is 5. The lowest BCUT2D eigenvalue weighted by atomic mass is 10.1. The molecule has 2 atom stereocenters. The Morgan fingerprint density at radius 1 is 1.06 bits per heavy atom. The van der Waals surface area contributed by atoms with E-state index in [9.17, 15) is 26.4 Å². The molecule has 0 radical (unpaired) electrons. The van der Waals surface area contributed by atoms with Crippen molar-refractivity contribution in [1.82, 2.24) is 9.21 Å². The third-order valence-corrected chi connectivity index (χ3v) is 8.16. The van der Waals surface area contributed by atoms with Gasteiger partial charge in [-0.25, -0.2) is 8.42 Å². The smallest absolute Gasteiger partial charge is 0.481 e. The van der Waals surface area contributed by atoms with Crippen LogP contribution in [0.2, 0.25) is 0 Å². The molecule has 1 heterocycles. The highest BCUT2D eigenvalue weighted by molar-refractivity contribution is 7.89. The Morgan fingerprint density at radius 2 is 1.67 bits per heavy atom. The maximum absolute atomic E-state index is 13.5. The van der Waals surface area contributed by atoms with E-state index in [1.54, 1.807) is 31.2 Å². The van der Waals surface area contributed by atoms with E-state index in [1.165, 1.54) is 22.5 Å². The van der Waals surface area contributed by atoms with Crippen molar-refractivity contribution in [2.45, 2.75) is 63.4 Å². The van der Waals surface area contributed by atoms with Crippen LogP contribution in [0.4, 0.5) is 13.2 Å². The van der Waals surface area contributed by atoms with Gasteiger partial charge in [0.05, 0.1) is 11.3 Å². The number of aryl methyl sites for hydroxylation is 2. The first-order valence-electron chi connectivity index (χ1n) is 11.7. The predicted octanol–water partition coefficient (Wildman–Crippen LogP) is 4.24. The normalized spacial score (nSPS) is 19.8. The van der Waals surface area contributed by atoms with Crippen molar-refractivity contribution in [1.29, 1.82) is 0 Å². The fraction of sp³-hybridized carbons (Fsp3) is 0.480. The molecule has 1 saturated heterocycles. The monoisotopic (exact) mass is 528 g/mol. The molecule has 1 aliphatic rings. The van der Waals surface area contributed by atoms with Crippen LogP contribution in [0.1, 0.15) is 37.0 Å². The minimum atomic E-state index is -4.72. The fourth-order valence-electron chi connectivity index (χ4n) is 4.81. The van der Waals surface area contributed by atoms with E-state index in [4.69, 9.17) is 5.11 Å². The van der Waals surface area contributed by atoms with Gasteiger partial charge in [-0.2, -0.15) is 4.31 Å². The molecule has 0 amide bonds. The summed E-state index contributed by atoms with van der Waals surface area (Å²) in [4.78, 5) is 13.4. The zero-order valence-electron chi connectivity index (χ0n) is 20.5. The van der Waals surface area contributed by atoms with Crippen molar-refractivity contribution in [3.63, 3.8) is 0 Å². The number of hydrogen-bond donors (Lipinski definition) is 1. The van der Waals surface area contributed by atoms with Crippen molar-refractivity contribution in [3.8, 4) is 5.75 Å². The number of carboxylic acids is 1. The van der Waals surface area contributed by atoms with E-state index in [-0.39, 0.29) is 29.1 Å². The topological polar surface area (TPSA) is 87.1 Å². The van der Waals surface area contributed by atoms with E-state index in [1.807, 2.05) is 13.8 Å². The second-order valence-electron chi connectivity index (χ2n) is 9.31. The van der Waals surface area contributed by atoms with Crippen LogP contribution in [-0.4, -0.2) is 66.8 Å². The fourth-order valence-corrected chi connectivity index (χ4v) is 6.77. The molecule has 0 aliphatic carbocycles. The molecule has 2 unspecified atom stereocenters. The maximum atomic E-state index is 13.5. The number of carbonyl (C=O) groups is 1. The number of aliphatic carboxylic acids is 1. The molecule has 2 aromatic rings. The van der Waals surface area contributed by atoms with Crippen LogP contribution in [-0.2, 0) is 27.7 Å². The summed E-state index contributed by atoms with van der Waals surface area (Å²) in [5, 5.41) is 9.10. The largest absolute Gasteiger partial charge is 0.573 e. The molecule has 2 aromatic carbocycles. The highest BCUT2D eigenvalue weighted by atomic mass is 32.2. The van der Waals surface area contributed by atoms with Gasteiger partial charge in [0.15, 0.2) is 0 Å². The summed E-state index contributed by atoms with van der Waals surface area (Å²) in [6.07, 6.45) is -3.53. The van der Waals surface area contributed by atoms with E-state index in [0.29, 0.717) is 30.6 Å². The molecule has 36 heavy (non-hydrogen) atoms. The van der Waals surface area contributed by atoms with Crippen molar-refractivity contribution in [2.24, 2.45) is 0 Å². The lowest BCUT2D eigenvalue weighted by molar-refractivity contribution is -0.274. The highest BCUT2D eigenvalue weighted by Gasteiger charge is 2.38. The van der Waals surface area contributed by atoms with Crippen LogP contribution < -0.4 is 4.74 Å². The van der Waals surface area contributed by atoms with Crippen molar-refractivity contribution < 1.29 is 36.2 Å². The minimum absolute atomic E-state index is 0.101. The van der Waals surface area contributed by atoms with E-state index < -0.39 is 22.4 Å². The number of alkyl halides is 3. The molecule has 11 heteroatoms. The number of nitrogens with zero attached hydrogens (tertiary/aromatic N) is 2. The molecule has 1 fully saturated rings. The number of rotatable bonds is 9. The van der Waals surface area contributed by atoms with Gasteiger partial charge in [0.2, 0.25) is 10.0 Å². The van der Waals surface area contributed by atoms with Gasteiger partial charge in [-0.3, -0.25) is 4.79 Å². The summed E-state index contributed by atoms with van der Waals surface area (Å²) in [5.74, 6) is -1.28. The van der Waals surface area contributed by atoms with E-state index in [2.05, 4.69) is 9.64 Å². The van der Waals surface area contributed by atoms with Gasteiger partial charge < -0.3 is 14.7 Å². The second kappa shape index (κ2) is 11.2. The van der Waals surface area contributed by atoms with Crippen LogP contribution in [0.15, 0.2) is 47.4 Å². The summed E-state index contributed by atoms with van der Waals surface area (Å²) in [6.45, 7) is 7.25. The summed E-state index contributed by atoms with van der Waals surface area (Å²) >= 11 is 0. The van der Waals surface area contributed by atoms with Crippen molar-refractivity contribution in [2.75, 3.05) is 19.6 Å². The average Bonchev–Trinajstić information content (AvgIpc) is 2.72. The molecule has 0 spiro atoms.